The molecule has 0 aliphatic heterocycles. The highest BCUT2D eigenvalue weighted by atomic mass is 16.5. The summed E-state index contributed by atoms with van der Waals surface area (Å²) < 4.78 is 11.1. The topological polar surface area (TPSA) is 64.4 Å². The van der Waals surface area contributed by atoms with Crippen LogP contribution in [0.2, 0.25) is 0 Å². The number of aryl methyl sites for hydroxylation is 2. The second-order valence-electron chi connectivity index (χ2n) is 6.69. The number of ether oxygens (including phenoxy) is 1. The maximum atomic E-state index is 13.0. The Morgan fingerprint density at radius 2 is 1.71 bits per heavy atom. The van der Waals surface area contributed by atoms with Gasteiger partial charge in [0.1, 0.15) is 12.4 Å². The van der Waals surface area contributed by atoms with Crippen LogP contribution in [0.5, 0.6) is 5.75 Å². The molecular formula is C23H20N2O3. The SMILES string of the molecule is Cc1cc(COc2cc3ccccc3cc2C(=O)Nc2ccccc2C)on1. The summed E-state index contributed by atoms with van der Waals surface area (Å²) in [5.41, 5.74) is 3.03. The quantitative estimate of drug-likeness (QED) is 0.518. The molecule has 5 nitrogen and oxygen atoms in total. The zero-order valence-corrected chi connectivity index (χ0v) is 15.7. The number of para-hydroxylation sites is 1. The van der Waals surface area contributed by atoms with Crippen molar-refractivity contribution in [2.75, 3.05) is 5.32 Å². The van der Waals surface area contributed by atoms with Crippen molar-refractivity contribution in [1.82, 2.24) is 5.16 Å². The highest BCUT2D eigenvalue weighted by molar-refractivity contribution is 6.09. The van der Waals surface area contributed by atoms with Gasteiger partial charge in [0.05, 0.1) is 11.3 Å². The van der Waals surface area contributed by atoms with E-state index < -0.39 is 0 Å². The summed E-state index contributed by atoms with van der Waals surface area (Å²) >= 11 is 0. The van der Waals surface area contributed by atoms with Crippen LogP contribution < -0.4 is 10.1 Å². The maximum absolute atomic E-state index is 13.0. The lowest BCUT2D eigenvalue weighted by atomic mass is 10.0. The largest absolute Gasteiger partial charge is 0.485 e. The van der Waals surface area contributed by atoms with Crippen molar-refractivity contribution >= 4 is 22.4 Å². The zero-order chi connectivity index (χ0) is 19.5. The first-order chi connectivity index (χ1) is 13.6. The van der Waals surface area contributed by atoms with E-state index in [0.29, 0.717) is 17.1 Å². The zero-order valence-electron chi connectivity index (χ0n) is 15.7. The van der Waals surface area contributed by atoms with E-state index in [1.54, 1.807) is 0 Å². The molecule has 0 saturated heterocycles. The number of benzene rings is 3. The fourth-order valence-corrected chi connectivity index (χ4v) is 3.05. The van der Waals surface area contributed by atoms with Gasteiger partial charge in [0.2, 0.25) is 0 Å². The average Bonchev–Trinajstić information content (AvgIpc) is 3.12. The van der Waals surface area contributed by atoms with Crippen LogP contribution in [-0.4, -0.2) is 11.1 Å². The van der Waals surface area contributed by atoms with Gasteiger partial charge in [-0.1, -0.05) is 47.6 Å². The molecule has 4 rings (SSSR count). The number of nitrogens with zero attached hydrogens (tertiary/aromatic N) is 1. The minimum Gasteiger partial charge on any atom is -0.485 e. The molecule has 1 aromatic heterocycles. The summed E-state index contributed by atoms with van der Waals surface area (Å²) in [5.74, 6) is 0.888. The van der Waals surface area contributed by atoms with Gasteiger partial charge in [0.25, 0.3) is 5.91 Å². The number of carbonyl (C=O) groups is 1. The van der Waals surface area contributed by atoms with Crippen molar-refractivity contribution in [3.63, 3.8) is 0 Å². The molecule has 3 aromatic carbocycles. The van der Waals surface area contributed by atoms with Gasteiger partial charge in [0, 0.05) is 11.8 Å². The third kappa shape index (κ3) is 3.74. The first-order valence-electron chi connectivity index (χ1n) is 9.05. The third-order valence-corrected chi connectivity index (χ3v) is 4.53. The van der Waals surface area contributed by atoms with Crippen LogP contribution in [0.3, 0.4) is 0 Å². The second-order valence-corrected chi connectivity index (χ2v) is 6.69. The number of fused-ring (bicyclic) bond motifs is 1. The van der Waals surface area contributed by atoms with E-state index in [4.69, 9.17) is 9.26 Å². The molecule has 0 spiro atoms. The lowest BCUT2D eigenvalue weighted by Crippen LogP contribution is -2.14. The summed E-state index contributed by atoms with van der Waals surface area (Å²) in [5, 5.41) is 8.82. The van der Waals surface area contributed by atoms with Crippen molar-refractivity contribution in [3.05, 3.63) is 89.3 Å². The standard InChI is InChI=1S/C23H20N2O3/c1-15-7-3-6-10-21(15)24-23(26)20-12-17-8-4-5-9-18(17)13-22(20)27-14-19-11-16(2)25-28-19/h3-13H,14H2,1-2H3,(H,24,26). The smallest absolute Gasteiger partial charge is 0.259 e. The molecule has 0 aliphatic carbocycles. The number of anilines is 1. The predicted molar refractivity (Wildman–Crippen MR) is 109 cm³/mol. The van der Waals surface area contributed by atoms with Gasteiger partial charge in [-0.2, -0.15) is 0 Å². The predicted octanol–water partition coefficient (Wildman–Crippen LogP) is 5.28. The van der Waals surface area contributed by atoms with Crippen LogP contribution in [-0.2, 0) is 6.61 Å². The van der Waals surface area contributed by atoms with E-state index in [1.165, 1.54) is 0 Å². The van der Waals surface area contributed by atoms with Crippen molar-refractivity contribution < 1.29 is 14.1 Å². The molecule has 1 heterocycles. The fourth-order valence-electron chi connectivity index (χ4n) is 3.05. The number of nitrogens with one attached hydrogen (secondary N) is 1. The van der Waals surface area contributed by atoms with Crippen molar-refractivity contribution in [1.29, 1.82) is 0 Å². The lowest BCUT2D eigenvalue weighted by Gasteiger charge is -2.13. The summed E-state index contributed by atoms with van der Waals surface area (Å²) in [6, 6.07) is 21.1. The Kier molecular flexibility index (Phi) is 4.81. The van der Waals surface area contributed by atoms with Gasteiger partial charge in [-0.25, -0.2) is 0 Å². The van der Waals surface area contributed by atoms with E-state index in [1.807, 2.05) is 80.6 Å². The van der Waals surface area contributed by atoms with Crippen LogP contribution in [0.4, 0.5) is 5.69 Å². The lowest BCUT2D eigenvalue weighted by molar-refractivity contribution is 0.102. The number of hydrogen-bond acceptors (Lipinski definition) is 4. The van der Waals surface area contributed by atoms with Gasteiger partial charge >= 0.3 is 0 Å². The van der Waals surface area contributed by atoms with Gasteiger partial charge in [-0.15, -0.1) is 0 Å². The molecule has 0 fully saturated rings. The summed E-state index contributed by atoms with van der Waals surface area (Å²) in [4.78, 5) is 13.0. The maximum Gasteiger partial charge on any atom is 0.259 e. The highest BCUT2D eigenvalue weighted by Crippen LogP contribution is 2.28. The molecule has 140 valence electrons. The fraction of sp³-hybridized carbons (Fsp3) is 0.130. The molecule has 28 heavy (non-hydrogen) atoms. The molecular weight excluding hydrogens is 352 g/mol. The van der Waals surface area contributed by atoms with E-state index in [9.17, 15) is 4.79 Å². The van der Waals surface area contributed by atoms with Gasteiger partial charge in [-0.3, -0.25) is 4.79 Å². The Labute approximate surface area is 162 Å². The van der Waals surface area contributed by atoms with Crippen LogP contribution in [0.15, 0.2) is 71.3 Å². The Morgan fingerprint density at radius 1 is 1.00 bits per heavy atom. The number of hydrogen-bond donors (Lipinski definition) is 1. The Hall–Kier alpha value is -3.60. The molecule has 0 saturated carbocycles. The average molecular weight is 372 g/mol. The van der Waals surface area contributed by atoms with Crippen LogP contribution in [0.1, 0.15) is 27.4 Å². The number of rotatable bonds is 5. The van der Waals surface area contributed by atoms with Crippen LogP contribution in [0, 0.1) is 13.8 Å². The van der Waals surface area contributed by atoms with E-state index in [-0.39, 0.29) is 12.5 Å². The molecule has 0 unspecified atom stereocenters. The molecule has 0 aliphatic rings. The Balaban J connectivity index is 1.68. The van der Waals surface area contributed by atoms with Crippen molar-refractivity contribution in [3.8, 4) is 5.75 Å². The second kappa shape index (κ2) is 7.56. The highest BCUT2D eigenvalue weighted by Gasteiger charge is 2.16. The van der Waals surface area contributed by atoms with Crippen molar-refractivity contribution in [2.45, 2.75) is 20.5 Å². The molecule has 0 bridgehead atoms. The van der Waals surface area contributed by atoms with Gasteiger partial charge < -0.3 is 14.6 Å². The Morgan fingerprint density at radius 3 is 2.43 bits per heavy atom. The molecule has 4 aromatic rings. The number of aromatic nitrogens is 1. The van der Waals surface area contributed by atoms with Gasteiger partial charge in [0.15, 0.2) is 5.76 Å². The third-order valence-electron chi connectivity index (χ3n) is 4.53. The molecule has 0 atom stereocenters. The number of amides is 1. The van der Waals surface area contributed by atoms with Crippen LogP contribution >= 0.6 is 0 Å². The number of carbonyl (C=O) groups excluding carboxylic acids is 1. The minimum atomic E-state index is -0.219. The van der Waals surface area contributed by atoms with E-state index in [2.05, 4.69) is 10.5 Å². The monoisotopic (exact) mass is 372 g/mol. The van der Waals surface area contributed by atoms with E-state index >= 15 is 0 Å². The van der Waals surface area contributed by atoms with Crippen molar-refractivity contribution in [2.24, 2.45) is 0 Å². The van der Waals surface area contributed by atoms with Gasteiger partial charge in [-0.05, 0) is 48.4 Å². The summed E-state index contributed by atoms with van der Waals surface area (Å²) in [7, 11) is 0. The molecule has 5 heteroatoms. The minimum absolute atomic E-state index is 0.198. The molecule has 1 amide bonds. The molecule has 0 radical (unpaired) electrons. The first kappa shape index (κ1) is 17.8. The normalized spacial score (nSPS) is 10.8. The van der Waals surface area contributed by atoms with E-state index in [0.717, 1.165) is 27.7 Å². The summed E-state index contributed by atoms with van der Waals surface area (Å²) in [6.07, 6.45) is 0. The summed E-state index contributed by atoms with van der Waals surface area (Å²) in [6.45, 7) is 4.01. The van der Waals surface area contributed by atoms with Crippen LogP contribution in [0.25, 0.3) is 10.8 Å². The Bertz CT molecular complexity index is 1150. The first-order valence-corrected chi connectivity index (χ1v) is 9.05. The molecule has 1 N–H and O–H groups in total.